The van der Waals surface area contributed by atoms with Crippen molar-refractivity contribution in [2.24, 2.45) is 11.3 Å². The van der Waals surface area contributed by atoms with Crippen molar-refractivity contribution >= 4 is 5.78 Å². The summed E-state index contributed by atoms with van der Waals surface area (Å²) in [5.41, 5.74) is 3.10. The van der Waals surface area contributed by atoms with E-state index < -0.39 is 0 Å². The molecule has 1 aromatic rings. The summed E-state index contributed by atoms with van der Waals surface area (Å²) in [6.07, 6.45) is 4.17. The SMILES string of the molecule is COC1C=C(C(C)(C)C)C=C1C(C)C(=O)c1ccccc1. The van der Waals surface area contributed by atoms with Crippen molar-refractivity contribution in [2.75, 3.05) is 7.11 Å². The first kappa shape index (κ1) is 15.7. The number of benzene rings is 1. The summed E-state index contributed by atoms with van der Waals surface area (Å²) >= 11 is 0. The van der Waals surface area contributed by atoms with Crippen molar-refractivity contribution in [3.8, 4) is 0 Å². The third-order valence-electron chi connectivity index (χ3n) is 4.05. The average molecular weight is 284 g/mol. The van der Waals surface area contributed by atoms with Crippen LogP contribution in [0.5, 0.6) is 0 Å². The fourth-order valence-corrected chi connectivity index (χ4v) is 2.61. The molecule has 0 saturated carbocycles. The largest absolute Gasteiger partial charge is 0.373 e. The summed E-state index contributed by atoms with van der Waals surface area (Å²) in [6.45, 7) is 8.49. The fourth-order valence-electron chi connectivity index (χ4n) is 2.61. The molecule has 0 heterocycles. The van der Waals surface area contributed by atoms with Gasteiger partial charge in [0, 0.05) is 18.6 Å². The van der Waals surface area contributed by atoms with Gasteiger partial charge in [-0.3, -0.25) is 4.79 Å². The van der Waals surface area contributed by atoms with Crippen molar-refractivity contribution in [1.29, 1.82) is 0 Å². The van der Waals surface area contributed by atoms with Crippen molar-refractivity contribution in [3.63, 3.8) is 0 Å². The smallest absolute Gasteiger partial charge is 0.169 e. The predicted octanol–water partition coefficient (Wildman–Crippen LogP) is 4.43. The van der Waals surface area contributed by atoms with Crippen molar-refractivity contribution in [3.05, 3.63) is 59.2 Å². The molecule has 0 aromatic heterocycles. The van der Waals surface area contributed by atoms with Crippen LogP contribution in [0.2, 0.25) is 0 Å². The van der Waals surface area contributed by atoms with Crippen molar-refractivity contribution in [1.82, 2.24) is 0 Å². The van der Waals surface area contributed by atoms with Crippen LogP contribution in [0.3, 0.4) is 0 Å². The maximum Gasteiger partial charge on any atom is 0.169 e. The molecule has 112 valence electrons. The van der Waals surface area contributed by atoms with Crippen molar-refractivity contribution < 1.29 is 9.53 Å². The lowest BCUT2D eigenvalue weighted by atomic mass is 9.86. The molecule has 1 aromatic carbocycles. The Balaban J connectivity index is 2.27. The molecule has 0 bridgehead atoms. The summed E-state index contributed by atoms with van der Waals surface area (Å²) in [5.74, 6) is -0.0269. The normalized spacial score (nSPS) is 20.0. The molecule has 0 saturated heterocycles. The zero-order valence-corrected chi connectivity index (χ0v) is 13.5. The van der Waals surface area contributed by atoms with E-state index in [0.29, 0.717) is 0 Å². The summed E-state index contributed by atoms with van der Waals surface area (Å²) in [5, 5.41) is 0. The Morgan fingerprint density at radius 1 is 1.19 bits per heavy atom. The second kappa shape index (κ2) is 5.98. The third kappa shape index (κ3) is 3.33. The molecule has 2 atom stereocenters. The van der Waals surface area contributed by atoms with Gasteiger partial charge in [-0.05, 0) is 22.6 Å². The van der Waals surface area contributed by atoms with Crippen LogP contribution >= 0.6 is 0 Å². The number of allylic oxidation sites excluding steroid dienone is 2. The molecule has 2 heteroatoms. The van der Waals surface area contributed by atoms with Gasteiger partial charge in [0.1, 0.15) is 0 Å². The number of ether oxygens (including phenoxy) is 1. The summed E-state index contributed by atoms with van der Waals surface area (Å²) in [4.78, 5) is 12.6. The Morgan fingerprint density at radius 3 is 2.33 bits per heavy atom. The van der Waals surface area contributed by atoms with E-state index in [4.69, 9.17) is 4.74 Å². The topological polar surface area (TPSA) is 26.3 Å². The van der Waals surface area contributed by atoms with Gasteiger partial charge in [0.15, 0.2) is 5.78 Å². The summed E-state index contributed by atoms with van der Waals surface area (Å²) in [6, 6.07) is 9.46. The molecule has 0 fully saturated rings. The van der Waals surface area contributed by atoms with E-state index in [-0.39, 0.29) is 23.2 Å². The highest BCUT2D eigenvalue weighted by atomic mass is 16.5. The quantitative estimate of drug-likeness (QED) is 0.764. The average Bonchev–Trinajstić information content (AvgIpc) is 2.91. The van der Waals surface area contributed by atoms with Crippen LogP contribution in [0.25, 0.3) is 0 Å². The van der Waals surface area contributed by atoms with Gasteiger partial charge in [0.2, 0.25) is 0 Å². The monoisotopic (exact) mass is 284 g/mol. The lowest BCUT2D eigenvalue weighted by Gasteiger charge is -2.18. The zero-order valence-electron chi connectivity index (χ0n) is 13.5. The van der Waals surface area contributed by atoms with Gasteiger partial charge in [0.25, 0.3) is 0 Å². The first-order chi connectivity index (χ1) is 9.84. The van der Waals surface area contributed by atoms with Crippen LogP contribution in [-0.4, -0.2) is 19.0 Å². The number of carbonyl (C=O) groups is 1. The van der Waals surface area contributed by atoms with Gasteiger partial charge in [-0.1, -0.05) is 64.1 Å². The Labute approximate surface area is 127 Å². The van der Waals surface area contributed by atoms with Gasteiger partial charge < -0.3 is 4.74 Å². The Bertz CT molecular complexity index is 573. The first-order valence-corrected chi connectivity index (χ1v) is 7.40. The Kier molecular flexibility index (Phi) is 4.48. The van der Waals surface area contributed by atoms with Gasteiger partial charge in [-0.25, -0.2) is 0 Å². The number of hydrogen-bond donors (Lipinski definition) is 0. The third-order valence-corrected chi connectivity index (χ3v) is 4.05. The van der Waals surface area contributed by atoms with E-state index in [1.165, 1.54) is 5.57 Å². The van der Waals surface area contributed by atoms with Crippen LogP contribution in [0.15, 0.2) is 53.6 Å². The number of hydrogen-bond acceptors (Lipinski definition) is 2. The molecule has 1 aliphatic carbocycles. The Hall–Kier alpha value is -1.67. The van der Waals surface area contributed by atoms with Crippen LogP contribution in [0.1, 0.15) is 38.1 Å². The van der Waals surface area contributed by atoms with Crippen LogP contribution in [0.4, 0.5) is 0 Å². The minimum absolute atomic E-state index is 0.0635. The van der Waals surface area contributed by atoms with Gasteiger partial charge in [-0.15, -0.1) is 0 Å². The van der Waals surface area contributed by atoms with E-state index in [9.17, 15) is 4.79 Å². The van der Waals surface area contributed by atoms with Gasteiger partial charge in [-0.2, -0.15) is 0 Å². The van der Waals surface area contributed by atoms with Gasteiger partial charge in [0.05, 0.1) is 6.10 Å². The standard InChI is InChI=1S/C19H24O2/c1-13(18(20)14-9-7-6-8-10-14)16-11-15(19(2,3)4)12-17(16)21-5/h6-13,17H,1-5H3. The number of ketones is 1. The predicted molar refractivity (Wildman–Crippen MR) is 86.4 cm³/mol. The van der Waals surface area contributed by atoms with E-state index in [2.05, 4.69) is 32.9 Å². The van der Waals surface area contributed by atoms with Crippen molar-refractivity contribution in [2.45, 2.75) is 33.8 Å². The number of rotatable bonds is 4. The number of methoxy groups -OCH3 is 1. The highest BCUT2D eigenvalue weighted by Gasteiger charge is 2.31. The molecule has 0 aliphatic heterocycles. The lowest BCUT2D eigenvalue weighted by molar-refractivity contribution is 0.0922. The fraction of sp³-hybridized carbons (Fsp3) is 0.421. The van der Waals surface area contributed by atoms with Crippen LogP contribution in [0, 0.1) is 11.3 Å². The maximum atomic E-state index is 12.6. The van der Waals surface area contributed by atoms with E-state index in [1.807, 2.05) is 37.3 Å². The molecule has 0 spiro atoms. The molecule has 21 heavy (non-hydrogen) atoms. The molecule has 0 N–H and O–H groups in total. The van der Waals surface area contributed by atoms with E-state index in [0.717, 1.165) is 11.1 Å². The molecular weight excluding hydrogens is 260 g/mol. The second-order valence-electron chi connectivity index (χ2n) is 6.62. The van der Waals surface area contributed by atoms with Gasteiger partial charge >= 0.3 is 0 Å². The van der Waals surface area contributed by atoms with E-state index in [1.54, 1.807) is 7.11 Å². The molecular formula is C19H24O2. The highest BCUT2D eigenvalue weighted by Crippen LogP contribution is 2.37. The maximum absolute atomic E-state index is 12.6. The molecule has 1 aliphatic rings. The summed E-state index contributed by atoms with van der Waals surface area (Å²) in [7, 11) is 1.69. The van der Waals surface area contributed by atoms with Crippen LogP contribution < -0.4 is 0 Å². The second-order valence-corrected chi connectivity index (χ2v) is 6.62. The molecule has 2 unspecified atom stereocenters. The molecule has 2 nitrogen and oxygen atoms in total. The zero-order chi connectivity index (χ0) is 15.6. The number of Topliss-reactive ketones (excluding diaryl/α,β-unsaturated/α-hetero) is 1. The number of carbonyl (C=O) groups excluding carboxylic acids is 1. The molecule has 0 radical (unpaired) electrons. The molecule has 2 rings (SSSR count). The summed E-state index contributed by atoms with van der Waals surface area (Å²) < 4.78 is 5.56. The Morgan fingerprint density at radius 2 is 1.81 bits per heavy atom. The van der Waals surface area contributed by atoms with Crippen LogP contribution in [-0.2, 0) is 4.74 Å². The minimum atomic E-state index is -0.173. The lowest BCUT2D eigenvalue weighted by Crippen LogP contribution is -2.21. The highest BCUT2D eigenvalue weighted by molar-refractivity contribution is 5.99. The van der Waals surface area contributed by atoms with E-state index >= 15 is 0 Å². The first-order valence-electron chi connectivity index (χ1n) is 7.40. The molecule has 0 amide bonds. The minimum Gasteiger partial charge on any atom is -0.373 e.